The molecule has 6 nitrogen and oxygen atoms in total. The number of carbonyl (C=O) groups is 3. The van der Waals surface area contributed by atoms with Crippen LogP contribution in [0.4, 0.5) is 26.3 Å². The highest BCUT2D eigenvalue weighted by molar-refractivity contribution is 7.97. The van der Waals surface area contributed by atoms with Crippen molar-refractivity contribution in [2.75, 3.05) is 14.2 Å². The molecule has 0 heterocycles. The lowest BCUT2D eigenvalue weighted by Gasteiger charge is -2.36. The van der Waals surface area contributed by atoms with E-state index in [1.54, 1.807) is 18.2 Å². The van der Waals surface area contributed by atoms with Gasteiger partial charge in [-0.3, -0.25) is 9.59 Å². The Morgan fingerprint density at radius 3 is 1.29 bits per heavy atom. The molecule has 42 heavy (non-hydrogen) atoms. The first-order valence-corrected chi connectivity index (χ1v) is 13.9. The number of methoxy groups -OCH3 is 2. The van der Waals surface area contributed by atoms with E-state index < -0.39 is 60.2 Å². The van der Waals surface area contributed by atoms with Gasteiger partial charge >= 0.3 is 24.3 Å². The van der Waals surface area contributed by atoms with Crippen molar-refractivity contribution in [3.8, 4) is 0 Å². The summed E-state index contributed by atoms with van der Waals surface area (Å²) in [7, 11) is -2.41. The van der Waals surface area contributed by atoms with E-state index in [2.05, 4.69) is 4.74 Å². The second-order valence-electron chi connectivity index (χ2n) is 8.79. The van der Waals surface area contributed by atoms with Gasteiger partial charge in [-0.15, -0.1) is 0 Å². The number of hydrogen-bond acceptors (Lipinski definition) is 6. The van der Waals surface area contributed by atoms with Crippen LogP contribution < -0.4 is 15.9 Å². The van der Waals surface area contributed by atoms with Gasteiger partial charge in [0.25, 0.3) is 5.78 Å². The fraction of sp³-hybridized carbons (Fsp3) is 0.207. The minimum atomic E-state index is -5.99. The van der Waals surface area contributed by atoms with Crippen LogP contribution in [0.25, 0.3) is 0 Å². The molecule has 0 aliphatic carbocycles. The van der Waals surface area contributed by atoms with Gasteiger partial charge in [-0.2, -0.15) is 26.3 Å². The highest BCUT2D eigenvalue weighted by Gasteiger charge is 2.65. The van der Waals surface area contributed by atoms with Crippen molar-refractivity contribution >= 4 is 40.9 Å². The van der Waals surface area contributed by atoms with Crippen LogP contribution in [0.1, 0.15) is 0 Å². The van der Waals surface area contributed by atoms with Crippen LogP contribution in [0.2, 0.25) is 0 Å². The number of aliphatic hydroxyl groups excluding tert-OH is 1. The molecule has 3 aromatic carbocycles. The molecule has 0 fully saturated rings. The second-order valence-corrected chi connectivity index (χ2v) is 12.3. The van der Waals surface area contributed by atoms with Crippen molar-refractivity contribution in [1.29, 1.82) is 0 Å². The number of aliphatic hydroxyl groups is 1. The summed E-state index contributed by atoms with van der Waals surface area (Å²) in [5.41, 5.74) is -4.64. The molecule has 0 aliphatic heterocycles. The minimum Gasteiger partial charge on any atom is -0.504 e. The summed E-state index contributed by atoms with van der Waals surface area (Å²) in [6, 6.07) is 22.9. The number of hydrogen-bond donors (Lipinski definition) is 1. The van der Waals surface area contributed by atoms with E-state index in [-0.39, 0.29) is 15.9 Å². The maximum Gasteiger partial charge on any atom is 0.454 e. The number of ether oxygens (including phenoxy) is 2. The van der Waals surface area contributed by atoms with Crippen LogP contribution >= 0.6 is 7.26 Å². The second kappa shape index (κ2) is 12.8. The predicted molar refractivity (Wildman–Crippen MR) is 143 cm³/mol. The number of carbonyl (C=O) groups excluding carboxylic acids is 3. The van der Waals surface area contributed by atoms with Crippen molar-refractivity contribution in [3.05, 3.63) is 102 Å². The Bertz CT molecular complexity index is 1340. The highest BCUT2D eigenvalue weighted by atomic mass is 31.2. The van der Waals surface area contributed by atoms with Gasteiger partial charge in [0.1, 0.15) is 29.1 Å². The Kier molecular flexibility index (Phi) is 9.83. The molecule has 3 rings (SSSR count). The molecule has 0 aromatic heterocycles. The molecule has 2 unspecified atom stereocenters. The number of benzene rings is 3. The van der Waals surface area contributed by atoms with Gasteiger partial charge in [-0.25, -0.2) is 4.79 Å². The molecule has 0 amide bonds. The summed E-state index contributed by atoms with van der Waals surface area (Å²) in [5, 5.41) is 10.9. The van der Waals surface area contributed by atoms with Gasteiger partial charge in [0.15, 0.2) is 5.66 Å². The Balaban J connectivity index is 2.68. The van der Waals surface area contributed by atoms with Crippen LogP contribution in [0.5, 0.6) is 0 Å². The standard InChI is InChI=1S/C29H23F6O6P/c1-40-26(38)21(22(24(36)28(30,31)32)25(37)29(33,34)35)23(27(39)41-2)42(18-12-6-3-7-13-18,19-14-8-4-9-15-19)20-16-10-5-11-17-20/h3-17,21,23H,1-2H3/p+1. The van der Waals surface area contributed by atoms with E-state index >= 15 is 0 Å². The van der Waals surface area contributed by atoms with Crippen LogP contribution in [-0.2, 0) is 23.9 Å². The number of halogens is 6. The summed E-state index contributed by atoms with van der Waals surface area (Å²) in [5.74, 6) is -12.3. The fourth-order valence-corrected chi connectivity index (χ4v) is 9.71. The molecule has 2 atom stereocenters. The van der Waals surface area contributed by atoms with Gasteiger partial charge in [0, 0.05) is 0 Å². The molecule has 13 heteroatoms. The van der Waals surface area contributed by atoms with Crippen LogP contribution in [0.3, 0.4) is 0 Å². The Morgan fingerprint density at radius 2 is 1.00 bits per heavy atom. The third kappa shape index (κ3) is 6.18. The average Bonchev–Trinajstić information content (AvgIpc) is 2.98. The van der Waals surface area contributed by atoms with E-state index in [0.717, 1.165) is 7.11 Å². The highest BCUT2D eigenvalue weighted by Crippen LogP contribution is 2.63. The van der Waals surface area contributed by atoms with E-state index in [0.29, 0.717) is 7.11 Å². The van der Waals surface area contributed by atoms with Crippen LogP contribution in [0, 0.1) is 5.92 Å². The lowest BCUT2D eigenvalue weighted by molar-refractivity contribution is -0.170. The predicted octanol–water partition coefficient (Wildman–Crippen LogP) is 4.82. The van der Waals surface area contributed by atoms with E-state index in [1.165, 1.54) is 72.8 Å². The average molecular weight is 613 g/mol. The van der Waals surface area contributed by atoms with Gasteiger partial charge in [-0.1, -0.05) is 54.6 Å². The number of Topliss-reactive ketones (excluding diaryl/α,β-unsaturated/α-hetero) is 1. The molecule has 0 spiro atoms. The lowest BCUT2D eigenvalue weighted by atomic mass is 9.89. The topological polar surface area (TPSA) is 89.9 Å². The van der Waals surface area contributed by atoms with E-state index in [9.17, 15) is 45.8 Å². The summed E-state index contributed by atoms with van der Waals surface area (Å²) in [4.78, 5) is 39.9. The van der Waals surface area contributed by atoms with Gasteiger partial charge in [-0.05, 0) is 36.4 Å². The normalized spacial score (nSPS) is 14.3. The first kappa shape index (κ1) is 32.3. The number of allylic oxidation sites excluding steroid dienone is 1. The maximum absolute atomic E-state index is 13.9. The zero-order chi connectivity index (χ0) is 31.3. The van der Waals surface area contributed by atoms with E-state index in [4.69, 9.17) is 4.74 Å². The molecule has 0 aliphatic rings. The first-order valence-electron chi connectivity index (χ1n) is 12.1. The quantitative estimate of drug-likeness (QED) is 0.123. The first-order chi connectivity index (χ1) is 19.7. The van der Waals surface area contributed by atoms with Crippen molar-refractivity contribution in [1.82, 2.24) is 0 Å². The van der Waals surface area contributed by atoms with Gasteiger partial charge < -0.3 is 14.6 Å². The van der Waals surface area contributed by atoms with Crippen molar-refractivity contribution in [2.24, 2.45) is 5.92 Å². The molecule has 1 N–H and O–H groups in total. The van der Waals surface area contributed by atoms with Crippen molar-refractivity contribution in [2.45, 2.75) is 18.0 Å². The molecule has 0 bridgehead atoms. The summed E-state index contributed by atoms with van der Waals surface area (Å²) in [6.45, 7) is 0. The van der Waals surface area contributed by atoms with Crippen molar-refractivity contribution < 1.29 is 55.3 Å². The smallest absolute Gasteiger partial charge is 0.454 e. The molecular weight excluding hydrogens is 589 g/mol. The molecule has 0 saturated carbocycles. The number of ketones is 1. The monoisotopic (exact) mass is 613 g/mol. The van der Waals surface area contributed by atoms with Crippen LogP contribution in [0.15, 0.2) is 102 Å². The Hall–Kier alpha value is -4.18. The zero-order valence-corrected chi connectivity index (χ0v) is 22.9. The summed E-state index contributed by atoms with van der Waals surface area (Å²) < 4.78 is 92.9. The molecule has 0 radical (unpaired) electrons. The summed E-state index contributed by atoms with van der Waals surface area (Å²) in [6.07, 6.45) is -11.9. The third-order valence-corrected chi connectivity index (χ3v) is 11.1. The summed E-state index contributed by atoms with van der Waals surface area (Å²) >= 11 is 0. The Morgan fingerprint density at radius 1 is 0.643 bits per heavy atom. The lowest BCUT2D eigenvalue weighted by Crippen LogP contribution is -2.51. The minimum absolute atomic E-state index is 0.247. The number of esters is 2. The van der Waals surface area contributed by atoms with Gasteiger partial charge in [0.05, 0.1) is 19.8 Å². The van der Waals surface area contributed by atoms with Gasteiger partial charge in [0.2, 0.25) is 5.76 Å². The molecule has 0 saturated heterocycles. The Labute approximate surface area is 236 Å². The third-order valence-electron chi connectivity index (χ3n) is 6.46. The molecule has 3 aromatic rings. The van der Waals surface area contributed by atoms with E-state index in [1.807, 2.05) is 0 Å². The number of alkyl halides is 6. The molecule has 222 valence electrons. The largest absolute Gasteiger partial charge is 0.504 e. The zero-order valence-electron chi connectivity index (χ0n) is 22.0. The SMILES string of the molecule is COC(=O)C(/C(C(=O)C(F)(F)F)=C(\O)C(F)(F)F)C(C(=O)OC)[P+](c1ccccc1)(c1ccccc1)c1ccccc1. The van der Waals surface area contributed by atoms with Crippen molar-refractivity contribution in [3.63, 3.8) is 0 Å². The molecular formula is C29H24F6O6P+. The maximum atomic E-state index is 13.9. The van der Waals surface area contributed by atoms with Crippen LogP contribution in [-0.4, -0.2) is 55.1 Å². The number of rotatable bonds is 9. The fourth-order valence-electron chi connectivity index (χ4n) is 4.79.